The van der Waals surface area contributed by atoms with Crippen LogP contribution >= 0.6 is 0 Å². The normalized spacial score (nSPS) is 24.9. The highest BCUT2D eigenvalue weighted by Gasteiger charge is 2.41. The number of nitrogens with zero attached hydrogens (tertiary/aromatic N) is 1. The summed E-state index contributed by atoms with van der Waals surface area (Å²) in [5.41, 5.74) is 0.457. The van der Waals surface area contributed by atoms with Crippen molar-refractivity contribution in [3.63, 3.8) is 0 Å². The first-order valence-electron chi connectivity index (χ1n) is 9.66. The Labute approximate surface area is 167 Å². The molecule has 0 N–H and O–H groups in total. The lowest BCUT2D eigenvalue weighted by molar-refractivity contribution is 0.0279. The maximum atomic E-state index is 12.5. The van der Waals surface area contributed by atoms with Gasteiger partial charge in [-0.1, -0.05) is 29.8 Å². The van der Waals surface area contributed by atoms with Gasteiger partial charge in [-0.25, -0.2) is 4.79 Å². The molecule has 0 spiro atoms. The number of carbonyl (C=O) groups excluding carboxylic acids is 1. The van der Waals surface area contributed by atoms with Crippen LogP contribution in [0.3, 0.4) is 0 Å². The Morgan fingerprint density at radius 1 is 1.18 bits per heavy atom. The molecule has 1 saturated heterocycles. The third kappa shape index (κ3) is 4.94. The molecule has 1 aliphatic heterocycles. The van der Waals surface area contributed by atoms with E-state index >= 15 is 0 Å². The number of likely N-dealkylation sites (tertiary alicyclic amines) is 1. The number of amides is 1. The number of benzene rings is 1. The summed E-state index contributed by atoms with van der Waals surface area (Å²) in [7, 11) is -3.79. The lowest BCUT2D eigenvalue weighted by Gasteiger charge is -2.28. The summed E-state index contributed by atoms with van der Waals surface area (Å²) in [6.45, 7) is 8.72. The van der Waals surface area contributed by atoms with Crippen LogP contribution in [0.4, 0.5) is 4.79 Å². The smallest absolute Gasteiger partial charge is 0.410 e. The molecule has 0 aromatic heterocycles. The molecule has 3 atom stereocenters. The Bertz CT molecular complexity index is 839. The molecule has 1 amide bonds. The summed E-state index contributed by atoms with van der Waals surface area (Å²) in [5, 5.41) is 0. The quantitative estimate of drug-likeness (QED) is 0.561. The molecule has 0 saturated carbocycles. The molecule has 154 valence electrons. The van der Waals surface area contributed by atoms with Crippen LogP contribution in [0.25, 0.3) is 0 Å². The van der Waals surface area contributed by atoms with Crippen LogP contribution in [0.15, 0.2) is 41.3 Å². The number of ether oxygens (including phenoxy) is 1. The minimum atomic E-state index is -3.79. The maximum absolute atomic E-state index is 12.5. The largest absolute Gasteiger partial charge is 0.444 e. The first-order valence-corrected chi connectivity index (χ1v) is 11.1. The SMILES string of the molecule is Cc1ccc(S(=O)(=O)OC[C@H]2CC=CC3CN(C(=O)OC(C)(C)C)CC32)cc1. The monoisotopic (exact) mass is 407 g/mol. The second-order valence-corrected chi connectivity index (χ2v) is 10.3. The number of allylic oxidation sites excluding steroid dienone is 1. The summed E-state index contributed by atoms with van der Waals surface area (Å²) in [4.78, 5) is 14.3. The van der Waals surface area contributed by atoms with Crippen molar-refractivity contribution in [3.05, 3.63) is 42.0 Å². The van der Waals surface area contributed by atoms with Crippen LogP contribution in [0, 0.1) is 24.7 Å². The average molecular weight is 408 g/mol. The number of aryl methyl sites for hydroxylation is 1. The fourth-order valence-corrected chi connectivity index (χ4v) is 4.74. The number of hydrogen-bond donors (Lipinski definition) is 0. The van der Waals surface area contributed by atoms with E-state index in [1.54, 1.807) is 29.2 Å². The van der Waals surface area contributed by atoms with E-state index in [-0.39, 0.29) is 35.3 Å². The van der Waals surface area contributed by atoms with E-state index in [9.17, 15) is 13.2 Å². The molecule has 7 heteroatoms. The summed E-state index contributed by atoms with van der Waals surface area (Å²) < 4.78 is 35.8. The van der Waals surface area contributed by atoms with E-state index < -0.39 is 15.7 Å². The predicted octanol–water partition coefficient (Wildman–Crippen LogP) is 3.76. The van der Waals surface area contributed by atoms with Crippen LogP contribution in [0.1, 0.15) is 32.8 Å². The Hall–Kier alpha value is -1.86. The number of fused-ring (bicyclic) bond motifs is 1. The fraction of sp³-hybridized carbons (Fsp3) is 0.571. The van der Waals surface area contributed by atoms with Crippen molar-refractivity contribution in [2.75, 3.05) is 19.7 Å². The molecule has 2 aliphatic rings. The first-order chi connectivity index (χ1) is 13.0. The number of carbonyl (C=O) groups is 1. The molecule has 1 aromatic rings. The van der Waals surface area contributed by atoms with Crippen molar-refractivity contribution < 1.29 is 22.1 Å². The van der Waals surface area contributed by atoms with Gasteiger partial charge in [-0.05, 0) is 64.0 Å². The maximum Gasteiger partial charge on any atom is 0.410 e. The van der Waals surface area contributed by atoms with E-state index in [2.05, 4.69) is 12.2 Å². The van der Waals surface area contributed by atoms with Gasteiger partial charge in [0, 0.05) is 13.1 Å². The molecule has 28 heavy (non-hydrogen) atoms. The highest BCUT2D eigenvalue weighted by molar-refractivity contribution is 7.86. The summed E-state index contributed by atoms with van der Waals surface area (Å²) in [5.74, 6) is 0.422. The van der Waals surface area contributed by atoms with Gasteiger partial charge in [-0.3, -0.25) is 4.18 Å². The van der Waals surface area contributed by atoms with Gasteiger partial charge in [0.25, 0.3) is 10.1 Å². The Balaban J connectivity index is 1.63. The van der Waals surface area contributed by atoms with Gasteiger partial charge < -0.3 is 9.64 Å². The van der Waals surface area contributed by atoms with E-state index in [0.717, 1.165) is 12.0 Å². The van der Waals surface area contributed by atoms with Crippen molar-refractivity contribution in [1.82, 2.24) is 4.90 Å². The third-order valence-corrected chi connectivity index (χ3v) is 6.53. The van der Waals surface area contributed by atoms with Crippen LogP contribution in [-0.2, 0) is 19.0 Å². The van der Waals surface area contributed by atoms with Gasteiger partial charge in [-0.2, -0.15) is 8.42 Å². The van der Waals surface area contributed by atoms with Crippen LogP contribution < -0.4 is 0 Å². The topological polar surface area (TPSA) is 72.9 Å². The molecule has 1 heterocycles. The van der Waals surface area contributed by atoms with Crippen molar-refractivity contribution in [3.8, 4) is 0 Å². The molecule has 2 unspecified atom stereocenters. The van der Waals surface area contributed by atoms with Gasteiger partial charge in [0.15, 0.2) is 0 Å². The van der Waals surface area contributed by atoms with Gasteiger partial charge in [-0.15, -0.1) is 0 Å². The molecular formula is C21H29NO5S. The zero-order chi connectivity index (χ0) is 20.5. The van der Waals surface area contributed by atoms with E-state index in [0.29, 0.717) is 13.1 Å². The van der Waals surface area contributed by atoms with Crippen molar-refractivity contribution in [2.24, 2.45) is 17.8 Å². The highest BCUT2D eigenvalue weighted by atomic mass is 32.2. The Morgan fingerprint density at radius 2 is 1.86 bits per heavy atom. The van der Waals surface area contributed by atoms with E-state index in [1.165, 1.54) is 0 Å². The zero-order valence-electron chi connectivity index (χ0n) is 16.9. The van der Waals surface area contributed by atoms with E-state index in [1.807, 2.05) is 27.7 Å². The van der Waals surface area contributed by atoms with Gasteiger partial charge in [0.1, 0.15) is 5.60 Å². The zero-order valence-corrected chi connectivity index (χ0v) is 17.7. The molecule has 6 nitrogen and oxygen atoms in total. The van der Waals surface area contributed by atoms with Crippen molar-refractivity contribution >= 4 is 16.2 Å². The summed E-state index contributed by atoms with van der Waals surface area (Å²) >= 11 is 0. The molecule has 1 aromatic carbocycles. The second kappa shape index (κ2) is 7.87. The summed E-state index contributed by atoms with van der Waals surface area (Å²) in [6.07, 6.45) is 4.61. The molecular weight excluding hydrogens is 378 g/mol. The third-order valence-electron chi connectivity index (χ3n) is 5.24. The first kappa shape index (κ1) is 20.9. The molecule has 3 rings (SSSR count). The average Bonchev–Trinajstić information content (AvgIpc) is 3.04. The van der Waals surface area contributed by atoms with Crippen LogP contribution in [-0.4, -0.2) is 44.7 Å². The summed E-state index contributed by atoms with van der Waals surface area (Å²) in [6, 6.07) is 6.64. The molecule has 0 radical (unpaired) electrons. The fourth-order valence-electron chi connectivity index (χ4n) is 3.78. The molecule has 1 aliphatic carbocycles. The molecule has 1 fully saturated rings. The Kier molecular flexibility index (Phi) is 5.87. The van der Waals surface area contributed by atoms with Gasteiger partial charge in [0.2, 0.25) is 0 Å². The predicted molar refractivity (Wildman–Crippen MR) is 106 cm³/mol. The molecule has 0 bridgehead atoms. The van der Waals surface area contributed by atoms with Crippen molar-refractivity contribution in [2.45, 2.75) is 44.6 Å². The number of hydrogen-bond acceptors (Lipinski definition) is 5. The van der Waals surface area contributed by atoms with Crippen LogP contribution in [0.2, 0.25) is 0 Å². The van der Waals surface area contributed by atoms with Gasteiger partial charge >= 0.3 is 6.09 Å². The standard InChI is InChI=1S/C21H29NO5S/c1-15-8-10-18(11-9-15)28(24,25)26-14-17-7-5-6-16-12-22(13-19(16)17)20(23)27-21(2,3)4/h5-6,8-11,16-17,19H,7,12-14H2,1-4H3/t16?,17-,19?/m1/s1. The highest BCUT2D eigenvalue weighted by Crippen LogP contribution is 2.37. The van der Waals surface area contributed by atoms with E-state index in [4.69, 9.17) is 8.92 Å². The lowest BCUT2D eigenvalue weighted by atomic mass is 9.78. The van der Waals surface area contributed by atoms with Crippen molar-refractivity contribution in [1.29, 1.82) is 0 Å². The Morgan fingerprint density at radius 3 is 2.50 bits per heavy atom. The van der Waals surface area contributed by atoms with Crippen LogP contribution in [0.5, 0.6) is 0 Å². The van der Waals surface area contributed by atoms with Gasteiger partial charge in [0.05, 0.1) is 11.5 Å². The minimum Gasteiger partial charge on any atom is -0.444 e. The minimum absolute atomic E-state index is 0.0441. The second-order valence-electron chi connectivity index (χ2n) is 8.69. The number of rotatable bonds is 4. The lowest BCUT2D eigenvalue weighted by Crippen LogP contribution is -2.36.